The van der Waals surface area contributed by atoms with Gasteiger partial charge in [0.1, 0.15) is 6.61 Å². The van der Waals surface area contributed by atoms with Crippen molar-refractivity contribution in [2.75, 3.05) is 19.8 Å². The maximum absolute atomic E-state index is 12.8. The molecule has 0 spiro atoms. The molecule has 0 amide bonds. The first-order valence-corrected chi connectivity index (χ1v) is 25.4. The maximum atomic E-state index is 12.8. The van der Waals surface area contributed by atoms with Crippen LogP contribution in [0.2, 0.25) is 0 Å². The summed E-state index contributed by atoms with van der Waals surface area (Å²) in [4.78, 5) is 25.4. The molecule has 0 aliphatic rings. The fraction of sp³-hybridized carbons (Fsp3) is 0.559. The van der Waals surface area contributed by atoms with Crippen LogP contribution in [0, 0.1) is 0 Å². The Morgan fingerprint density at radius 2 is 0.688 bits per heavy atom. The van der Waals surface area contributed by atoms with Crippen LogP contribution in [0.4, 0.5) is 0 Å². The molecule has 5 heteroatoms. The molecule has 0 saturated heterocycles. The Morgan fingerprint density at radius 1 is 0.344 bits per heavy atom. The van der Waals surface area contributed by atoms with Gasteiger partial charge in [-0.1, -0.05) is 199 Å². The Balaban J connectivity index is 4.46. The van der Waals surface area contributed by atoms with Gasteiger partial charge in [-0.3, -0.25) is 9.59 Å². The Kier molecular flexibility index (Phi) is 49.6. The highest BCUT2D eigenvalue weighted by atomic mass is 16.6. The van der Waals surface area contributed by atoms with Crippen LogP contribution in [0.3, 0.4) is 0 Å². The average Bonchev–Trinajstić information content (AvgIpc) is 3.30. The van der Waals surface area contributed by atoms with E-state index in [1.807, 2.05) is 6.08 Å². The SMILES string of the molecule is CC/C=C\C/C=C\C/C=C\C/C=C\CCCCCCCOCC(COC(=O)CCCCCC/C=C\C/C=C\C/C=C\C/C=C\CC)OC(=O)CC/C=C\C/C=C\C/C=C\C/C=C\CC. The number of hydrogen-bond donors (Lipinski definition) is 0. The molecule has 1 unspecified atom stereocenters. The van der Waals surface area contributed by atoms with Crippen LogP contribution in [0.1, 0.15) is 188 Å². The molecule has 0 radical (unpaired) electrons. The molecule has 5 nitrogen and oxygen atoms in total. The first kappa shape index (κ1) is 59.8. The highest BCUT2D eigenvalue weighted by molar-refractivity contribution is 5.70. The van der Waals surface area contributed by atoms with Crippen molar-refractivity contribution in [2.24, 2.45) is 0 Å². The van der Waals surface area contributed by atoms with Gasteiger partial charge in [0.2, 0.25) is 0 Å². The summed E-state index contributed by atoms with van der Waals surface area (Å²) in [6.45, 7) is 7.31. The Bertz CT molecular complexity index is 1410. The molecule has 0 heterocycles. The van der Waals surface area contributed by atoms with Gasteiger partial charge in [-0.25, -0.2) is 0 Å². The van der Waals surface area contributed by atoms with E-state index in [0.29, 0.717) is 19.4 Å². The molecule has 0 saturated carbocycles. The van der Waals surface area contributed by atoms with Crippen LogP contribution in [0.5, 0.6) is 0 Å². The average molecular weight is 881 g/mol. The topological polar surface area (TPSA) is 61.8 Å². The number of carbonyl (C=O) groups excluding carboxylic acids is 2. The number of unbranched alkanes of at least 4 members (excludes halogenated alkanes) is 9. The molecular weight excluding hydrogens is 789 g/mol. The fourth-order valence-corrected chi connectivity index (χ4v) is 6.21. The molecule has 1 atom stereocenters. The molecule has 0 aromatic rings. The maximum Gasteiger partial charge on any atom is 0.306 e. The fourth-order valence-electron chi connectivity index (χ4n) is 6.21. The summed E-state index contributed by atoms with van der Waals surface area (Å²) in [7, 11) is 0. The first-order chi connectivity index (χ1) is 31.6. The molecule has 358 valence electrons. The van der Waals surface area contributed by atoms with Gasteiger partial charge in [0.05, 0.1) is 6.61 Å². The van der Waals surface area contributed by atoms with Crippen molar-refractivity contribution in [3.8, 4) is 0 Å². The van der Waals surface area contributed by atoms with E-state index in [0.717, 1.165) is 128 Å². The first-order valence-electron chi connectivity index (χ1n) is 25.4. The lowest BCUT2D eigenvalue weighted by Gasteiger charge is -2.18. The quantitative estimate of drug-likeness (QED) is 0.0347. The number of carbonyl (C=O) groups is 2. The summed E-state index contributed by atoms with van der Waals surface area (Å²) < 4.78 is 17.3. The summed E-state index contributed by atoms with van der Waals surface area (Å²) in [5.74, 6) is -0.543. The van der Waals surface area contributed by atoms with E-state index in [-0.39, 0.29) is 31.6 Å². The van der Waals surface area contributed by atoms with Crippen LogP contribution >= 0.6 is 0 Å². The van der Waals surface area contributed by atoms with Crippen LogP contribution < -0.4 is 0 Å². The highest BCUT2D eigenvalue weighted by Gasteiger charge is 2.17. The van der Waals surface area contributed by atoms with E-state index in [4.69, 9.17) is 14.2 Å². The lowest BCUT2D eigenvalue weighted by atomic mass is 10.1. The normalized spacial score (nSPS) is 13.5. The van der Waals surface area contributed by atoms with Gasteiger partial charge in [-0.15, -0.1) is 0 Å². The number of ether oxygens (including phenoxy) is 3. The van der Waals surface area contributed by atoms with Crippen molar-refractivity contribution in [1.29, 1.82) is 0 Å². The van der Waals surface area contributed by atoms with E-state index in [1.165, 1.54) is 19.3 Å². The second-order valence-electron chi connectivity index (χ2n) is 15.9. The highest BCUT2D eigenvalue weighted by Crippen LogP contribution is 2.10. The van der Waals surface area contributed by atoms with Crippen LogP contribution in [0.15, 0.2) is 146 Å². The zero-order chi connectivity index (χ0) is 46.3. The molecule has 0 rings (SSSR count). The number of rotatable bonds is 44. The minimum Gasteiger partial charge on any atom is -0.462 e. The molecule has 64 heavy (non-hydrogen) atoms. The third-order valence-electron chi connectivity index (χ3n) is 9.86. The van der Waals surface area contributed by atoms with Crippen LogP contribution in [-0.4, -0.2) is 37.9 Å². The van der Waals surface area contributed by atoms with E-state index < -0.39 is 6.10 Å². The van der Waals surface area contributed by atoms with Gasteiger partial charge < -0.3 is 14.2 Å². The van der Waals surface area contributed by atoms with Crippen LogP contribution in [0.25, 0.3) is 0 Å². The smallest absolute Gasteiger partial charge is 0.306 e. The molecule has 0 aliphatic heterocycles. The molecule has 0 bridgehead atoms. The van der Waals surface area contributed by atoms with Crippen molar-refractivity contribution in [1.82, 2.24) is 0 Å². The predicted octanol–water partition coefficient (Wildman–Crippen LogP) is 17.3. The van der Waals surface area contributed by atoms with Crippen LogP contribution in [-0.2, 0) is 23.8 Å². The number of esters is 2. The molecule has 0 aromatic carbocycles. The molecule has 0 fully saturated rings. The van der Waals surface area contributed by atoms with E-state index in [2.05, 4.69) is 161 Å². The van der Waals surface area contributed by atoms with Gasteiger partial charge in [0, 0.05) is 19.4 Å². The summed E-state index contributed by atoms with van der Waals surface area (Å²) in [6.07, 6.45) is 77.3. The Morgan fingerprint density at radius 3 is 1.11 bits per heavy atom. The summed E-state index contributed by atoms with van der Waals surface area (Å²) in [5, 5.41) is 0. The lowest BCUT2D eigenvalue weighted by Crippen LogP contribution is -2.30. The van der Waals surface area contributed by atoms with Gasteiger partial charge in [-0.2, -0.15) is 0 Å². The van der Waals surface area contributed by atoms with Crippen molar-refractivity contribution >= 4 is 11.9 Å². The zero-order valence-electron chi connectivity index (χ0n) is 41.0. The van der Waals surface area contributed by atoms with Crippen molar-refractivity contribution in [3.05, 3.63) is 146 Å². The number of hydrogen-bond acceptors (Lipinski definition) is 5. The largest absolute Gasteiger partial charge is 0.462 e. The van der Waals surface area contributed by atoms with Crippen molar-refractivity contribution < 1.29 is 23.8 Å². The summed E-state index contributed by atoms with van der Waals surface area (Å²) >= 11 is 0. The Hall–Kier alpha value is -4.22. The minimum atomic E-state index is -0.606. The van der Waals surface area contributed by atoms with Gasteiger partial charge >= 0.3 is 11.9 Å². The Labute approximate surface area is 393 Å². The molecular formula is C59H92O5. The second kappa shape index (κ2) is 53.1. The van der Waals surface area contributed by atoms with Gasteiger partial charge in [0.15, 0.2) is 6.10 Å². The standard InChI is InChI=1S/C59H92O5/c1-4-7-10-13-16-19-22-25-27-29-31-33-36-39-42-45-48-51-54-62-55-57(64-59(61)53-50-47-44-41-38-34-24-21-18-15-12-9-6-3)56-63-58(60)52-49-46-43-40-37-35-32-30-28-26-23-20-17-14-11-8-5-2/h7-12,16-21,25-28,31-35,38,44,47,57H,4-6,13-15,22-24,29-30,36-37,39-43,45-46,48-56H2,1-3H3/b10-7-,11-8-,12-9-,19-16-,20-17-,21-18-,27-25-,28-26-,33-31-,35-32-,38-34-,47-44-. The van der Waals surface area contributed by atoms with E-state index in [9.17, 15) is 9.59 Å². The summed E-state index contributed by atoms with van der Waals surface area (Å²) in [5.41, 5.74) is 0. The predicted molar refractivity (Wildman–Crippen MR) is 278 cm³/mol. The van der Waals surface area contributed by atoms with E-state index >= 15 is 0 Å². The van der Waals surface area contributed by atoms with Gasteiger partial charge in [0.25, 0.3) is 0 Å². The van der Waals surface area contributed by atoms with Gasteiger partial charge in [-0.05, 0) is 122 Å². The third kappa shape index (κ3) is 50.4. The molecule has 0 aromatic heterocycles. The minimum absolute atomic E-state index is 0.0255. The van der Waals surface area contributed by atoms with E-state index in [1.54, 1.807) is 0 Å². The third-order valence-corrected chi connectivity index (χ3v) is 9.86. The second-order valence-corrected chi connectivity index (χ2v) is 15.9. The molecule has 0 aliphatic carbocycles. The van der Waals surface area contributed by atoms with Crippen molar-refractivity contribution in [2.45, 2.75) is 194 Å². The zero-order valence-corrected chi connectivity index (χ0v) is 41.0. The molecule has 0 N–H and O–H groups in total. The number of allylic oxidation sites excluding steroid dienone is 24. The van der Waals surface area contributed by atoms with Crippen molar-refractivity contribution in [3.63, 3.8) is 0 Å². The lowest BCUT2D eigenvalue weighted by molar-refractivity contribution is -0.162. The summed E-state index contributed by atoms with van der Waals surface area (Å²) in [6, 6.07) is 0. The monoisotopic (exact) mass is 881 g/mol.